The van der Waals surface area contributed by atoms with Crippen LogP contribution in [0.2, 0.25) is 0 Å². The molecule has 7 heteroatoms. The van der Waals surface area contributed by atoms with E-state index in [0.29, 0.717) is 17.5 Å². The number of benzene rings is 2. The predicted octanol–water partition coefficient (Wildman–Crippen LogP) is 3.75. The van der Waals surface area contributed by atoms with E-state index >= 15 is 0 Å². The van der Waals surface area contributed by atoms with E-state index < -0.39 is 0 Å². The van der Waals surface area contributed by atoms with Crippen molar-refractivity contribution in [1.29, 1.82) is 0 Å². The van der Waals surface area contributed by atoms with Crippen LogP contribution in [0.25, 0.3) is 11.5 Å². The third kappa shape index (κ3) is 3.67. The van der Waals surface area contributed by atoms with Crippen molar-refractivity contribution < 1.29 is 4.42 Å². The minimum Gasteiger partial charge on any atom is -0.420 e. The average Bonchev–Trinajstić information content (AvgIpc) is 3.29. The summed E-state index contributed by atoms with van der Waals surface area (Å²) in [6, 6.07) is 20.0. The van der Waals surface area contributed by atoms with Crippen molar-refractivity contribution in [1.82, 2.24) is 25.0 Å². The van der Waals surface area contributed by atoms with Crippen LogP contribution >= 0.6 is 11.8 Å². The highest BCUT2D eigenvalue weighted by Crippen LogP contribution is 2.23. The van der Waals surface area contributed by atoms with E-state index in [1.807, 2.05) is 60.1 Å². The molecule has 26 heavy (non-hydrogen) atoms. The molecule has 0 spiro atoms. The van der Waals surface area contributed by atoms with Gasteiger partial charge in [0.15, 0.2) is 5.16 Å². The molecule has 0 N–H and O–H groups in total. The first-order valence-electron chi connectivity index (χ1n) is 8.22. The first-order chi connectivity index (χ1) is 12.8. The zero-order chi connectivity index (χ0) is 17.8. The Balaban J connectivity index is 1.42. The Kier molecular flexibility index (Phi) is 4.79. The molecular formula is C19H17N5OS. The number of aromatic nitrogens is 5. The van der Waals surface area contributed by atoms with E-state index in [2.05, 4.69) is 32.5 Å². The molecule has 0 aliphatic rings. The number of thioether (sulfide) groups is 1. The van der Waals surface area contributed by atoms with Crippen LogP contribution in [0.1, 0.15) is 17.3 Å². The third-order valence-electron chi connectivity index (χ3n) is 3.94. The molecule has 4 rings (SSSR count). The van der Waals surface area contributed by atoms with Gasteiger partial charge >= 0.3 is 0 Å². The standard InChI is InChI=1S/C19H17N5OS/c1-24-16(12-14-8-4-2-5-9-14)20-23-19(24)26-13-17-21-22-18(25-17)15-10-6-3-7-11-15/h2-11H,12-13H2,1H3. The Morgan fingerprint density at radius 2 is 1.62 bits per heavy atom. The monoisotopic (exact) mass is 363 g/mol. The van der Waals surface area contributed by atoms with Gasteiger partial charge in [-0.25, -0.2) is 0 Å². The molecule has 0 aliphatic carbocycles. The number of hydrogen-bond donors (Lipinski definition) is 0. The topological polar surface area (TPSA) is 69.6 Å². The van der Waals surface area contributed by atoms with Crippen LogP contribution in [0.3, 0.4) is 0 Å². The van der Waals surface area contributed by atoms with Crippen LogP contribution in [-0.2, 0) is 19.2 Å². The van der Waals surface area contributed by atoms with Crippen molar-refractivity contribution in [2.45, 2.75) is 17.3 Å². The van der Waals surface area contributed by atoms with E-state index in [-0.39, 0.29) is 0 Å². The SMILES string of the molecule is Cn1c(Cc2ccccc2)nnc1SCc1nnc(-c2ccccc2)o1. The van der Waals surface area contributed by atoms with Gasteiger partial charge in [0.2, 0.25) is 11.8 Å². The fourth-order valence-electron chi connectivity index (χ4n) is 2.54. The summed E-state index contributed by atoms with van der Waals surface area (Å²) in [5.74, 6) is 2.58. The zero-order valence-corrected chi connectivity index (χ0v) is 15.1. The molecule has 0 atom stereocenters. The first-order valence-corrected chi connectivity index (χ1v) is 9.21. The van der Waals surface area contributed by atoms with Crippen molar-refractivity contribution >= 4 is 11.8 Å². The van der Waals surface area contributed by atoms with Crippen LogP contribution in [-0.4, -0.2) is 25.0 Å². The van der Waals surface area contributed by atoms with Gasteiger partial charge in [0, 0.05) is 19.0 Å². The first kappa shape index (κ1) is 16.5. The van der Waals surface area contributed by atoms with Gasteiger partial charge < -0.3 is 8.98 Å². The fraction of sp³-hybridized carbons (Fsp3) is 0.158. The third-order valence-corrected chi connectivity index (χ3v) is 4.95. The Morgan fingerprint density at radius 1 is 0.885 bits per heavy atom. The molecule has 6 nitrogen and oxygen atoms in total. The summed E-state index contributed by atoms with van der Waals surface area (Å²) in [4.78, 5) is 0. The minimum absolute atomic E-state index is 0.531. The van der Waals surface area contributed by atoms with E-state index in [9.17, 15) is 0 Å². The van der Waals surface area contributed by atoms with Crippen LogP contribution in [0.5, 0.6) is 0 Å². The summed E-state index contributed by atoms with van der Waals surface area (Å²) in [6.45, 7) is 0. The summed E-state index contributed by atoms with van der Waals surface area (Å²) >= 11 is 1.53. The Hall–Kier alpha value is -2.93. The fourth-order valence-corrected chi connectivity index (χ4v) is 3.31. The highest BCUT2D eigenvalue weighted by molar-refractivity contribution is 7.98. The van der Waals surface area contributed by atoms with Gasteiger partial charge in [0.1, 0.15) is 5.82 Å². The summed E-state index contributed by atoms with van der Waals surface area (Å²) < 4.78 is 7.74. The molecule has 0 fully saturated rings. The number of nitrogens with zero attached hydrogens (tertiary/aromatic N) is 5. The van der Waals surface area contributed by atoms with Crippen molar-refractivity contribution in [3.8, 4) is 11.5 Å². The van der Waals surface area contributed by atoms with Crippen LogP contribution < -0.4 is 0 Å². The second-order valence-corrected chi connectivity index (χ2v) is 6.72. The van der Waals surface area contributed by atoms with Gasteiger partial charge in [-0.1, -0.05) is 60.3 Å². The highest BCUT2D eigenvalue weighted by atomic mass is 32.2. The number of rotatable bonds is 6. The predicted molar refractivity (Wildman–Crippen MR) is 99.5 cm³/mol. The van der Waals surface area contributed by atoms with Crippen molar-refractivity contribution in [2.75, 3.05) is 0 Å². The lowest BCUT2D eigenvalue weighted by atomic mass is 10.1. The lowest BCUT2D eigenvalue weighted by molar-refractivity contribution is 0.528. The van der Waals surface area contributed by atoms with Gasteiger partial charge in [-0.05, 0) is 17.7 Å². The molecule has 130 valence electrons. The second-order valence-electron chi connectivity index (χ2n) is 5.78. The van der Waals surface area contributed by atoms with E-state index in [1.54, 1.807) is 0 Å². The van der Waals surface area contributed by atoms with E-state index in [4.69, 9.17) is 4.42 Å². The zero-order valence-electron chi connectivity index (χ0n) is 14.2. The smallest absolute Gasteiger partial charge is 0.247 e. The molecule has 0 saturated heterocycles. The molecule has 0 amide bonds. The molecule has 0 unspecified atom stereocenters. The Labute approximate surface area is 155 Å². The van der Waals surface area contributed by atoms with Gasteiger partial charge in [0.25, 0.3) is 0 Å². The quantitative estimate of drug-likeness (QED) is 0.486. The molecule has 0 aliphatic heterocycles. The Morgan fingerprint density at radius 3 is 2.38 bits per heavy atom. The molecule has 0 radical (unpaired) electrons. The van der Waals surface area contributed by atoms with Gasteiger partial charge in [0.05, 0.1) is 5.75 Å². The molecule has 0 saturated carbocycles. The van der Waals surface area contributed by atoms with Gasteiger partial charge in [-0.2, -0.15) is 0 Å². The van der Waals surface area contributed by atoms with E-state index in [1.165, 1.54) is 17.3 Å². The van der Waals surface area contributed by atoms with E-state index in [0.717, 1.165) is 23.0 Å². The Bertz CT molecular complexity index is 982. The van der Waals surface area contributed by atoms with Crippen LogP contribution in [0, 0.1) is 0 Å². The van der Waals surface area contributed by atoms with Gasteiger partial charge in [-0.15, -0.1) is 20.4 Å². The molecule has 2 aromatic carbocycles. The summed E-state index contributed by atoms with van der Waals surface area (Å²) in [7, 11) is 1.98. The van der Waals surface area contributed by atoms with Crippen LogP contribution in [0.15, 0.2) is 70.2 Å². The second kappa shape index (κ2) is 7.53. The molecular weight excluding hydrogens is 346 g/mol. The highest BCUT2D eigenvalue weighted by Gasteiger charge is 2.13. The maximum Gasteiger partial charge on any atom is 0.247 e. The lowest BCUT2D eigenvalue weighted by Gasteiger charge is -2.03. The summed E-state index contributed by atoms with van der Waals surface area (Å²) in [5.41, 5.74) is 2.13. The molecule has 2 aromatic heterocycles. The maximum absolute atomic E-state index is 5.73. The normalized spacial score (nSPS) is 11.0. The largest absolute Gasteiger partial charge is 0.420 e. The number of hydrogen-bond acceptors (Lipinski definition) is 6. The van der Waals surface area contributed by atoms with Crippen molar-refractivity contribution in [3.63, 3.8) is 0 Å². The molecule has 4 aromatic rings. The maximum atomic E-state index is 5.73. The van der Waals surface area contributed by atoms with Crippen LogP contribution in [0.4, 0.5) is 0 Å². The lowest BCUT2D eigenvalue weighted by Crippen LogP contribution is -2.00. The van der Waals surface area contributed by atoms with Crippen molar-refractivity contribution in [3.05, 3.63) is 77.9 Å². The summed E-state index contributed by atoms with van der Waals surface area (Å²) in [5, 5.41) is 17.6. The minimum atomic E-state index is 0.531. The summed E-state index contributed by atoms with van der Waals surface area (Å²) in [6.07, 6.45) is 0.754. The van der Waals surface area contributed by atoms with Crippen molar-refractivity contribution in [2.24, 2.45) is 7.05 Å². The molecule has 0 bridgehead atoms. The molecule has 2 heterocycles. The average molecular weight is 363 g/mol. The van der Waals surface area contributed by atoms with Gasteiger partial charge in [-0.3, -0.25) is 0 Å².